The summed E-state index contributed by atoms with van der Waals surface area (Å²) >= 11 is 0.822. The molecular weight excluding hydrogens is 416 g/mol. The number of hydrogen-bond acceptors (Lipinski definition) is 8. The molecule has 0 fully saturated rings. The second kappa shape index (κ2) is 6.84. The van der Waals surface area contributed by atoms with Gasteiger partial charge in [-0.15, -0.1) is 11.3 Å². The SMILES string of the molecule is CC1(C)CC(=O)c2c(S(C)(=O)=O)sc(C(=O)OCc3ccc4c(c3)OCO4)c2C1. The van der Waals surface area contributed by atoms with Gasteiger partial charge >= 0.3 is 5.97 Å². The van der Waals surface area contributed by atoms with E-state index in [1.54, 1.807) is 18.2 Å². The van der Waals surface area contributed by atoms with Gasteiger partial charge in [0.15, 0.2) is 27.1 Å². The van der Waals surface area contributed by atoms with Crippen LogP contribution in [0.25, 0.3) is 0 Å². The Hall–Kier alpha value is -2.39. The topological polar surface area (TPSA) is 96.0 Å². The number of carbonyl (C=O) groups is 2. The molecule has 0 amide bonds. The normalized spacial score (nSPS) is 17.1. The summed E-state index contributed by atoms with van der Waals surface area (Å²) in [6.07, 6.45) is 1.73. The molecule has 2 heterocycles. The minimum Gasteiger partial charge on any atom is -0.457 e. The van der Waals surface area contributed by atoms with E-state index in [4.69, 9.17) is 14.2 Å². The lowest BCUT2D eigenvalue weighted by Crippen LogP contribution is -2.28. The van der Waals surface area contributed by atoms with Crippen molar-refractivity contribution in [3.05, 3.63) is 39.8 Å². The van der Waals surface area contributed by atoms with Gasteiger partial charge in [0.2, 0.25) is 6.79 Å². The van der Waals surface area contributed by atoms with E-state index in [-0.39, 0.29) is 45.7 Å². The van der Waals surface area contributed by atoms with E-state index in [0.717, 1.165) is 17.6 Å². The van der Waals surface area contributed by atoms with Crippen molar-refractivity contribution in [3.63, 3.8) is 0 Å². The lowest BCUT2D eigenvalue weighted by atomic mass is 9.74. The average molecular weight is 437 g/mol. The number of hydrogen-bond donors (Lipinski definition) is 0. The molecule has 0 N–H and O–H groups in total. The number of ketones is 1. The number of fused-ring (bicyclic) bond motifs is 2. The predicted molar refractivity (Wildman–Crippen MR) is 106 cm³/mol. The Balaban J connectivity index is 1.64. The summed E-state index contributed by atoms with van der Waals surface area (Å²) in [7, 11) is -3.64. The fourth-order valence-corrected chi connectivity index (χ4v) is 6.06. The molecule has 1 aliphatic heterocycles. The molecule has 0 spiro atoms. The smallest absolute Gasteiger partial charge is 0.348 e. The molecule has 0 radical (unpaired) electrons. The molecule has 1 aromatic heterocycles. The van der Waals surface area contributed by atoms with E-state index in [0.29, 0.717) is 29.0 Å². The van der Waals surface area contributed by atoms with E-state index >= 15 is 0 Å². The number of benzene rings is 1. The lowest BCUT2D eigenvalue weighted by Gasteiger charge is -2.29. The Morgan fingerprint density at radius 3 is 2.66 bits per heavy atom. The van der Waals surface area contributed by atoms with Crippen LogP contribution in [0.1, 0.15) is 51.4 Å². The Morgan fingerprint density at radius 1 is 1.21 bits per heavy atom. The Kier molecular flexibility index (Phi) is 4.70. The van der Waals surface area contributed by atoms with E-state index in [9.17, 15) is 18.0 Å². The van der Waals surface area contributed by atoms with Gasteiger partial charge in [-0.1, -0.05) is 19.9 Å². The Labute approximate surface area is 172 Å². The van der Waals surface area contributed by atoms with E-state index in [1.165, 1.54) is 0 Å². The van der Waals surface area contributed by atoms with Gasteiger partial charge in [-0.3, -0.25) is 4.79 Å². The number of ether oxygens (including phenoxy) is 3. The monoisotopic (exact) mass is 436 g/mol. The van der Waals surface area contributed by atoms with E-state index < -0.39 is 15.8 Å². The molecule has 0 unspecified atom stereocenters. The van der Waals surface area contributed by atoms with Crippen LogP contribution in [-0.4, -0.2) is 33.2 Å². The molecule has 2 aliphatic rings. The summed E-state index contributed by atoms with van der Waals surface area (Å²) in [5, 5.41) is 0. The van der Waals surface area contributed by atoms with Crippen molar-refractivity contribution in [2.75, 3.05) is 13.0 Å². The highest BCUT2D eigenvalue weighted by Crippen LogP contribution is 2.43. The summed E-state index contributed by atoms with van der Waals surface area (Å²) in [5.74, 6) is 0.330. The van der Waals surface area contributed by atoms with Gasteiger partial charge in [-0.25, -0.2) is 13.2 Å². The largest absolute Gasteiger partial charge is 0.457 e. The third kappa shape index (κ3) is 3.76. The predicted octanol–water partition coefficient (Wildman–Crippen LogP) is 3.39. The summed E-state index contributed by atoms with van der Waals surface area (Å²) in [4.78, 5) is 25.6. The van der Waals surface area contributed by atoms with Crippen molar-refractivity contribution in [1.82, 2.24) is 0 Å². The first-order chi connectivity index (χ1) is 13.5. The van der Waals surface area contributed by atoms with Crippen molar-refractivity contribution in [3.8, 4) is 11.5 Å². The van der Waals surface area contributed by atoms with Crippen molar-refractivity contribution >= 4 is 32.9 Å². The molecule has 1 aromatic carbocycles. The van der Waals surface area contributed by atoms with Gasteiger partial charge in [-0.2, -0.15) is 0 Å². The molecule has 29 heavy (non-hydrogen) atoms. The van der Waals surface area contributed by atoms with Gasteiger partial charge in [0, 0.05) is 12.7 Å². The van der Waals surface area contributed by atoms with Crippen molar-refractivity contribution in [1.29, 1.82) is 0 Å². The van der Waals surface area contributed by atoms with Crippen LogP contribution in [-0.2, 0) is 27.6 Å². The molecule has 154 valence electrons. The maximum Gasteiger partial charge on any atom is 0.348 e. The zero-order valence-electron chi connectivity index (χ0n) is 16.2. The molecule has 0 bridgehead atoms. The molecule has 1 aliphatic carbocycles. The molecule has 9 heteroatoms. The number of esters is 1. The standard InChI is InChI=1S/C20H20O7S2/c1-20(2)7-12-16(13(21)8-20)19(29(3,23)24)28-17(12)18(22)25-9-11-4-5-14-15(6-11)27-10-26-14/h4-6H,7-10H2,1-3H3. The van der Waals surface area contributed by atoms with Crippen LogP contribution < -0.4 is 9.47 Å². The summed E-state index contributed by atoms with van der Waals surface area (Å²) in [5.41, 5.74) is 0.999. The first-order valence-electron chi connectivity index (χ1n) is 9.00. The van der Waals surface area contributed by atoms with Crippen LogP contribution in [0.2, 0.25) is 0 Å². The van der Waals surface area contributed by atoms with Crippen LogP contribution in [0.4, 0.5) is 0 Å². The summed E-state index contributed by atoms with van der Waals surface area (Å²) < 4.78 is 40.4. The maximum atomic E-state index is 12.8. The third-order valence-corrected chi connectivity index (χ3v) is 7.92. The second-order valence-corrected chi connectivity index (χ2v) is 11.3. The highest BCUT2D eigenvalue weighted by Gasteiger charge is 2.40. The number of rotatable bonds is 4. The summed E-state index contributed by atoms with van der Waals surface area (Å²) in [6.45, 7) is 3.99. The van der Waals surface area contributed by atoms with Gasteiger partial charge in [-0.05, 0) is 35.1 Å². The minimum atomic E-state index is -3.64. The average Bonchev–Trinajstić information content (AvgIpc) is 3.22. The second-order valence-electron chi connectivity index (χ2n) is 8.05. The van der Waals surface area contributed by atoms with Crippen LogP contribution in [0, 0.1) is 5.41 Å². The first kappa shape index (κ1) is 19.9. The highest BCUT2D eigenvalue weighted by molar-refractivity contribution is 7.92. The van der Waals surface area contributed by atoms with Gasteiger partial charge in [0.05, 0.1) is 5.56 Å². The Morgan fingerprint density at radius 2 is 1.93 bits per heavy atom. The molecule has 0 atom stereocenters. The van der Waals surface area contributed by atoms with Crippen molar-refractivity contribution in [2.45, 2.75) is 37.5 Å². The van der Waals surface area contributed by atoms with E-state index in [2.05, 4.69) is 0 Å². The number of Topliss-reactive ketones (excluding diaryl/α,β-unsaturated/α-hetero) is 1. The molecular formula is C20H20O7S2. The molecule has 2 aromatic rings. The molecule has 7 nitrogen and oxygen atoms in total. The lowest BCUT2D eigenvalue weighted by molar-refractivity contribution is 0.0476. The van der Waals surface area contributed by atoms with Crippen LogP contribution >= 0.6 is 11.3 Å². The number of carbonyl (C=O) groups excluding carboxylic acids is 2. The fourth-order valence-electron chi connectivity index (χ4n) is 3.63. The van der Waals surface area contributed by atoms with Gasteiger partial charge in [0.25, 0.3) is 0 Å². The highest BCUT2D eigenvalue weighted by atomic mass is 32.2. The quantitative estimate of drug-likeness (QED) is 0.678. The zero-order chi connectivity index (χ0) is 21.0. The van der Waals surface area contributed by atoms with Crippen molar-refractivity contribution in [2.24, 2.45) is 5.41 Å². The van der Waals surface area contributed by atoms with Crippen LogP contribution in [0.15, 0.2) is 22.4 Å². The molecule has 4 rings (SSSR count). The zero-order valence-corrected chi connectivity index (χ0v) is 17.9. The molecule has 0 saturated heterocycles. The summed E-state index contributed by atoms with van der Waals surface area (Å²) in [6, 6.07) is 5.23. The third-order valence-electron chi connectivity index (χ3n) is 4.88. The fraction of sp³-hybridized carbons (Fsp3) is 0.400. The number of sulfone groups is 1. The first-order valence-corrected chi connectivity index (χ1v) is 11.7. The van der Waals surface area contributed by atoms with Gasteiger partial charge in [0.1, 0.15) is 15.7 Å². The minimum absolute atomic E-state index is 0.00626. The van der Waals surface area contributed by atoms with E-state index in [1.807, 2.05) is 13.8 Å². The number of thiophene rings is 1. The van der Waals surface area contributed by atoms with Crippen LogP contribution in [0.5, 0.6) is 11.5 Å². The van der Waals surface area contributed by atoms with Crippen LogP contribution in [0.3, 0.4) is 0 Å². The molecule has 0 saturated carbocycles. The Bertz CT molecular complexity index is 1130. The van der Waals surface area contributed by atoms with Crippen molar-refractivity contribution < 1.29 is 32.2 Å². The van der Waals surface area contributed by atoms with Gasteiger partial charge < -0.3 is 14.2 Å². The maximum absolute atomic E-state index is 12.8.